The molecule has 0 bridgehead atoms. The number of ether oxygens (including phenoxy) is 1. The van der Waals surface area contributed by atoms with Gasteiger partial charge in [-0.1, -0.05) is 41.1 Å². The van der Waals surface area contributed by atoms with Crippen molar-refractivity contribution in [3.8, 4) is 5.75 Å². The Bertz CT molecular complexity index is 940. The standard InChI is InChI=1S/C21H24ClN3O2S/c1-24(2)12-5-13-25(19(26)14-15-8-10-16(27-3)11-9-15)21-23-20-17(22)6-4-7-18(20)28-21/h4,6-11H,5,12-14H2,1-3H3. The number of amides is 1. The number of benzene rings is 2. The second-order valence-corrected chi connectivity index (χ2v) is 8.23. The number of aromatic nitrogens is 1. The van der Waals surface area contributed by atoms with Crippen LogP contribution in [0.4, 0.5) is 5.13 Å². The summed E-state index contributed by atoms with van der Waals surface area (Å²) < 4.78 is 6.17. The molecule has 1 aromatic heterocycles. The smallest absolute Gasteiger partial charge is 0.233 e. The maximum absolute atomic E-state index is 13.1. The summed E-state index contributed by atoms with van der Waals surface area (Å²) in [6.07, 6.45) is 1.18. The van der Waals surface area contributed by atoms with Gasteiger partial charge in [0.25, 0.3) is 0 Å². The van der Waals surface area contributed by atoms with Crippen LogP contribution in [0.15, 0.2) is 42.5 Å². The summed E-state index contributed by atoms with van der Waals surface area (Å²) in [5.41, 5.74) is 1.70. The molecule has 5 nitrogen and oxygen atoms in total. The molecule has 0 aliphatic carbocycles. The number of nitrogens with zero attached hydrogens (tertiary/aromatic N) is 3. The molecular weight excluding hydrogens is 394 g/mol. The van der Waals surface area contributed by atoms with Gasteiger partial charge in [0.2, 0.25) is 5.91 Å². The van der Waals surface area contributed by atoms with Gasteiger partial charge < -0.3 is 9.64 Å². The van der Waals surface area contributed by atoms with Gasteiger partial charge in [-0.15, -0.1) is 0 Å². The molecule has 0 aliphatic rings. The number of hydrogen-bond acceptors (Lipinski definition) is 5. The number of carbonyl (C=O) groups is 1. The molecule has 0 N–H and O–H groups in total. The van der Waals surface area contributed by atoms with E-state index in [1.54, 1.807) is 12.0 Å². The van der Waals surface area contributed by atoms with Crippen molar-refractivity contribution in [3.05, 3.63) is 53.1 Å². The fourth-order valence-electron chi connectivity index (χ4n) is 2.90. The summed E-state index contributed by atoms with van der Waals surface area (Å²) in [4.78, 5) is 21.7. The zero-order valence-corrected chi connectivity index (χ0v) is 17.9. The van der Waals surface area contributed by atoms with Crippen LogP contribution in [-0.4, -0.2) is 50.1 Å². The zero-order valence-electron chi connectivity index (χ0n) is 16.3. The van der Waals surface area contributed by atoms with E-state index in [1.807, 2.05) is 56.6 Å². The minimum Gasteiger partial charge on any atom is -0.497 e. The summed E-state index contributed by atoms with van der Waals surface area (Å²) in [6.45, 7) is 1.52. The number of rotatable bonds is 8. The minimum atomic E-state index is 0.0269. The first-order valence-corrected chi connectivity index (χ1v) is 10.3. The maximum atomic E-state index is 13.1. The lowest BCUT2D eigenvalue weighted by atomic mass is 10.1. The lowest BCUT2D eigenvalue weighted by molar-refractivity contribution is -0.118. The van der Waals surface area contributed by atoms with Crippen LogP contribution in [0.1, 0.15) is 12.0 Å². The number of carbonyl (C=O) groups excluding carboxylic acids is 1. The highest BCUT2D eigenvalue weighted by Gasteiger charge is 2.20. The molecule has 3 rings (SSSR count). The van der Waals surface area contributed by atoms with E-state index in [-0.39, 0.29) is 5.91 Å². The van der Waals surface area contributed by atoms with E-state index >= 15 is 0 Å². The van der Waals surface area contributed by atoms with E-state index in [1.165, 1.54) is 11.3 Å². The molecule has 0 unspecified atom stereocenters. The van der Waals surface area contributed by atoms with Gasteiger partial charge in [-0.05, 0) is 56.9 Å². The predicted octanol–water partition coefficient (Wildman–Crippen LogP) is 4.49. The molecule has 28 heavy (non-hydrogen) atoms. The van der Waals surface area contributed by atoms with Gasteiger partial charge in [0, 0.05) is 6.54 Å². The molecule has 0 aliphatic heterocycles. The first kappa shape index (κ1) is 20.6. The van der Waals surface area contributed by atoms with Crippen molar-refractivity contribution in [3.63, 3.8) is 0 Å². The van der Waals surface area contributed by atoms with Crippen molar-refractivity contribution in [1.82, 2.24) is 9.88 Å². The molecule has 0 fully saturated rings. The quantitative estimate of drug-likeness (QED) is 0.542. The average molecular weight is 418 g/mol. The number of methoxy groups -OCH3 is 1. The lowest BCUT2D eigenvalue weighted by Crippen LogP contribution is -2.34. The highest BCUT2D eigenvalue weighted by molar-refractivity contribution is 7.22. The fourth-order valence-corrected chi connectivity index (χ4v) is 4.21. The van der Waals surface area contributed by atoms with E-state index in [2.05, 4.69) is 9.88 Å². The van der Waals surface area contributed by atoms with Crippen LogP contribution >= 0.6 is 22.9 Å². The molecule has 1 amide bonds. The lowest BCUT2D eigenvalue weighted by Gasteiger charge is -2.21. The number of anilines is 1. The van der Waals surface area contributed by atoms with Crippen molar-refractivity contribution >= 4 is 44.2 Å². The van der Waals surface area contributed by atoms with Crippen molar-refractivity contribution < 1.29 is 9.53 Å². The first-order chi connectivity index (χ1) is 13.5. The molecule has 0 radical (unpaired) electrons. The normalized spacial score (nSPS) is 11.2. The van der Waals surface area contributed by atoms with Crippen LogP contribution in [0.2, 0.25) is 5.02 Å². The number of hydrogen-bond donors (Lipinski definition) is 0. The molecule has 3 aromatic rings. The van der Waals surface area contributed by atoms with E-state index in [0.717, 1.165) is 34.5 Å². The van der Waals surface area contributed by atoms with E-state index in [9.17, 15) is 4.79 Å². The van der Waals surface area contributed by atoms with Gasteiger partial charge >= 0.3 is 0 Å². The zero-order chi connectivity index (χ0) is 20.1. The van der Waals surface area contributed by atoms with Gasteiger partial charge in [-0.3, -0.25) is 9.69 Å². The Hall–Kier alpha value is -2.15. The van der Waals surface area contributed by atoms with Gasteiger partial charge in [0.1, 0.15) is 11.3 Å². The molecule has 148 valence electrons. The monoisotopic (exact) mass is 417 g/mol. The minimum absolute atomic E-state index is 0.0269. The van der Waals surface area contributed by atoms with E-state index in [0.29, 0.717) is 23.1 Å². The van der Waals surface area contributed by atoms with Crippen molar-refractivity contribution in [2.75, 3.05) is 39.2 Å². The van der Waals surface area contributed by atoms with E-state index in [4.69, 9.17) is 16.3 Å². The number of halogens is 1. The topological polar surface area (TPSA) is 45.7 Å². The second kappa shape index (κ2) is 9.37. The average Bonchev–Trinajstić information content (AvgIpc) is 3.11. The van der Waals surface area contributed by atoms with Gasteiger partial charge in [-0.25, -0.2) is 4.98 Å². The summed E-state index contributed by atoms with van der Waals surface area (Å²) in [7, 11) is 5.69. The predicted molar refractivity (Wildman–Crippen MR) is 117 cm³/mol. The Kier molecular flexibility index (Phi) is 6.88. The Morgan fingerprint density at radius 3 is 2.54 bits per heavy atom. The Labute approximate surface area is 174 Å². The Morgan fingerprint density at radius 2 is 1.89 bits per heavy atom. The maximum Gasteiger partial charge on any atom is 0.233 e. The van der Waals surface area contributed by atoms with Crippen molar-refractivity contribution in [2.45, 2.75) is 12.8 Å². The molecule has 0 saturated carbocycles. The molecule has 7 heteroatoms. The number of para-hydroxylation sites is 1. The molecule has 1 heterocycles. The van der Waals surface area contributed by atoms with Gasteiger partial charge in [0.15, 0.2) is 5.13 Å². The third kappa shape index (κ3) is 5.01. The third-order valence-electron chi connectivity index (χ3n) is 4.39. The third-order valence-corrected chi connectivity index (χ3v) is 5.74. The van der Waals surface area contributed by atoms with Crippen LogP contribution in [0.25, 0.3) is 10.2 Å². The summed E-state index contributed by atoms with van der Waals surface area (Å²) in [5.74, 6) is 0.805. The van der Waals surface area contributed by atoms with Gasteiger partial charge in [0.05, 0.1) is 23.3 Å². The van der Waals surface area contributed by atoms with Crippen molar-refractivity contribution in [2.24, 2.45) is 0 Å². The molecule has 0 atom stereocenters. The highest BCUT2D eigenvalue weighted by atomic mass is 35.5. The fraction of sp³-hybridized carbons (Fsp3) is 0.333. The molecular formula is C21H24ClN3O2S. The second-order valence-electron chi connectivity index (χ2n) is 6.81. The van der Waals surface area contributed by atoms with Crippen molar-refractivity contribution in [1.29, 1.82) is 0 Å². The van der Waals surface area contributed by atoms with Crippen LogP contribution in [-0.2, 0) is 11.2 Å². The van der Waals surface area contributed by atoms with Crippen LogP contribution in [0, 0.1) is 0 Å². The van der Waals surface area contributed by atoms with Gasteiger partial charge in [-0.2, -0.15) is 0 Å². The summed E-state index contributed by atoms with van der Waals surface area (Å²) in [6, 6.07) is 13.3. The van der Waals surface area contributed by atoms with Crippen LogP contribution < -0.4 is 9.64 Å². The molecule has 0 saturated heterocycles. The largest absolute Gasteiger partial charge is 0.497 e. The first-order valence-electron chi connectivity index (χ1n) is 9.11. The van der Waals surface area contributed by atoms with E-state index < -0.39 is 0 Å². The van der Waals surface area contributed by atoms with Crippen LogP contribution in [0.5, 0.6) is 5.75 Å². The molecule has 0 spiro atoms. The van der Waals surface area contributed by atoms with Crippen LogP contribution in [0.3, 0.4) is 0 Å². The Balaban J connectivity index is 1.83. The number of thiazole rings is 1. The summed E-state index contributed by atoms with van der Waals surface area (Å²) >= 11 is 7.78. The summed E-state index contributed by atoms with van der Waals surface area (Å²) in [5, 5.41) is 1.30. The number of fused-ring (bicyclic) bond motifs is 1. The highest BCUT2D eigenvalue weighted by Crippen LogP contribution is 2.33. The Morgan fingerprint density at radius 1 is 1.14 bits per heavy atom. The molecule has 2 aromatic carbocycles. The SMILES string of the molecule is COc1ccc(CC(=O)N(CCCN(C)C)c2nc3c(Cl)cccc3s2)cc1.